The summed E-state index contributed by atoms with van der Waals surface area (Å²) in [5.41, 5.74) is 3.14. The van der Waals surface area contributed by atoms with Crippen LogP contribution in [0.4, 0.5) is 11.4 Å². The van der Waals surface area contributed by atoms with Crippen LogP contribution in [0.3, 0.4) is 0 Å². The van der Waals surface area contributed by atoms with Gasteiger partial charge in [-0.25, -0.2) is 0 Å². The summed E-state index contributed by atoms with van der Waals surface area (Å²) in [7, 11) is 1.79. The van der Waals surface area contributed by atoms with E-state index in [1.165, 1.54) is 0 Å². The van der Waals surface area contributed by atoms with Crippen molar-refractivity contribution >= 4 is 44.8 Å². The number of nitrogens with one attached hydrogen (secondary N) is 2. The first-order valence-corrected chi connectivity index (χ1v) is 7.23. The molecule has 20 heavy (non-hydrogen) atoms. The minimum absolute atomic E-state index is 0.173. The van der Waals surface area contributed by atoms with Gasteiger partial charge >= 0.3 is 0 Å². The highest BCUT2D eigenvalue weighted by molar-refractivity contribution is 9.10. The Kier molecular flexibility index (Phi) is 4.68. The second kappa shape index (κ2) is 6.29. The van der Waals surface area contributed by atoms with Gasteiger partial charge in [0.05, 0.1) is 10.6 Å². The zero-order valence-electron chi connectivity index (χ0n) is 11.1. The zero-order chi connectivity index (χ0) is 14.7. The summed E-state index contributed by atoms with van der Waals surface area (Å²) in [5.74, 6) is -0.173. The van der Waals surface area contributed by atoms with Crippen LogP contribution in [0.25, 0.3) is 0 Å². The summed E-state index contributed by atoms with van der Waals surface area (Å²) in [5, 5.41) is 6.42. The minimum Gasteiger partial charge on any atom is -0.387 e. The number of hydrogen-bond donors (Lipinski definition) is 2. The van der Waals surface area contributed by atoms with Crippen molar-refractivity contribution in [3.05, 3.63) is 57.0 Å². The number of anilines is 2. The normalized spacial score (nSPS) is 10.2. The van der Waals surface area contributed by atoms with Crippen molar-refractivity contribution in [2.24, 2.45) is 0 Å². The fourth-order valence-corrected chi connectivity index (χ4v) is 2.26. The first kappa shape index (κ1) is 14.9. The van der Waals surface area contributed by atoms with E-state index in [0.717, 1.165) is 15.7 Å². The Balaban J connectivity index is 2.25. The van der Waals surface area contributed by atoms with Crippen LogP contribution < -0.4 is 10.6 Å². The fourth-order valence-electron chi connectivity index (χ4n) is 1.84. The molecule has 2 rings (SSSR count). The number of carbonyl (C=O) groups excluding carboxylic acids is 1. The van der Waals surface area contributed by atoms with Crippen molar-refractivity contribution in [1.82, 2.24) is 0 Å². The highest BCUT2D eigenvalue weighted by atomic mass is 79.9. The van der Waals surface area contributed by atoms with E-state index in [1.54, 1.807) is 31.3 Å². The lowest BCUT2D eigenvalue weighted by atomic mass is 10.1. The van der Waals surface area contributed by atoms with Gasteiger partial charge in [0.1, 0.15) is 0 Å². The molecule has 0 aliphatic rings. The summed E-state index contributed by atoms with van der Waals surface area (Å²) < 4.78 is 0.795. The maximum atomic E-state index is 12.3. The van der Waals surface area contributed by atoms with Gasteiger partial charge in [0.15, 0.2) is 0 Å². The molecule has 1 amide bonds. The highest BCUT2D eigenvalue weighted by Gasteiger charge is 2.11. The van der Waals surface area contributed by atoms with Gasteiger partial charge < -0.3 is 10.6 Å². The predicted molar refractivity (Wildman–Crippen MR) is 87.8 cm³/mol. The standard InChI is InChI=1S/C15H14BrClN2O/c1-9-3-5-11(14(7-9)18-2)15(20)19-10-4-6-12(16)13(17)8-10/h3-8,18H,1-2H3,(H,19,20). The van der Waals surface area contributed by atoms with Gasteiger partial charge in [-0.1, -0.05) is 17.7 Å². The fraction of sp³-hybridized carbons (Fsp3) is 0.133. The van der Waals surface area contributed by atoms with E-state index in [0.29, 0.717) is 16.3 Å². The van der Waals surface area contributed by atoms with Crippen LogP contribution in [0, 0.1) is 6.92 Å². The summed E-state index contributed by atoms with van der Waals surface area (Å²) in [6.45, 7) is 1.98. The van der Waals surface area contributed by atoms with Gasteiger partial charge in [-0.2, -0.15) is 0 Å². The quantitative estimate of drug-likeness (QED) is 0.839. The minimum atomic E-state index is -0.173. The number of benzene rings is 2. The molecule has 0 saturated heterocycles. The molecule has 0 radical (unpaired) electrons. The van der Waals surface area contributed by atoms with E-state index in [-0.39, 0.29) is 5.91 Å². The van der Waals surface area contributed by atoms with Gasteiger partial charge in [0, 0.05) is 22.9 Å². The highest BCUT2D eigenvalue weighted by Crippen LogP contribution is 2.26. The summed E-state index contributed by atoms with van der Waals surface area (Å²) in [6, 6.07) is 10.9. The average Bonchev–Trinajstić information content (AvgIpc) is 2.42. The molecule has 0 atom stereocenters. The Hall–Kier alpha value is -1.52. The molecule has 5 heteroatoms. The molecule has 0 heterocycles. The van der Waals surface area contributed by atoms with E-state index in [1.807, 2.05) is 19.1 Å². The van der Waals surface area contributed by atoms with Crippen LogP contribution >= 0.6 is 27.5 Å². The lowest BCUT2D eigenvalue weighted by Gasteiger charge is -2.11. The maximum Gasteiger partial charge on any atom is 0.257 e. The van der Waals surface area contributed by atoms with E-state index in [9.17, 15) is 4.79 Å². The largest absolute Gasteiger partial charge is 0.387 e. The summed E-state index contributed by atoms with van der Waals surface area (Å²) in [6.07, 6.45) is 0. The van der Waals surface area contributed by atoms with Crippen molar-refractivity contribution < 1.29 is 4.79 Å². The van der Waals surface area contributed by atoms with Crippen molar-refractivity contribution in [2.75, 3.05) is 17.7 Å². The summed E-state index contributed by atoms with van der Waals surface area (Å²) in [4.78, 5) is 12.3. The Morgan fingerprint density at radius 3 is 2.60 bits per heavy atom. The third kappa shape index (κ3) is 3.32. The number of carbonyl (C=O) groups is 1. The first-order chi connectivity index (χ1) is 9.51. The molecular weight excluding hydrogens is 340 g/mol. The maximum absolute atomic E-state index is 12.3. The van der Waals surface area contributed by atoms with Crippen LogP contribution in [0.1, 0.15) is 15.9 Å². The number of hydrogen-bond acceptors (Lipinski definition) is 2. The third-order valence-electron chi connectivity index (χ3n) is 2.87. The molecule has 0 aromatic heterocycles. The Bertz CT molecular complexity index is 658. The van der Waals surface area contributed by atoms with Gasteiger partial charge in [-0.05, 0) is 58.7 Å². The molecule has 0 fully saturated rings. The second-order valence-corrected chi connectivity index (χ2v) is 5.64. The van der Waals surface area contributed by atoms with Crippen LogP contribution in [0.5, 0.6) is 0 Å². The number of amides is 1. The topological polar surface area (TPSA) is 41.1 Å². The van der Waals surface area contributed by atoms with Crippen LogP contribution in [-0.4, -0.2) is 13.0 Å². The van der Waals surface area contributed by atoms with E-state index >= 15 is 0 Å². The molecule has 2 N–H and O–H groups in total. The lowest BCUT2D eigenvalue weighted by molar-refractivity contribution is 0.102. The molecule has 3 nitrogen and oxygen atoms in total. The first-order valence-electron chi connectivity index (χ1n) is 6.06. The van der Waals surface area contributed by atoms with E-state index < -0.39 is 0 Å². The predicted octanol–water partition coefficient (Wildman–Crippen LogP) is 4.70. The van der Waals surface area contributed by atoms with Crippen LogP contribution in [-0.2, 0) is 0 Å². The number of aryl methyl sites for hydroxylation is 1. The molecular formula is C15H14BrClN2O. The van der Waals surface area contributed by atoms with E-state index in [4.69, 9.17) is 11.6 Å². The molecule has 0 aliphatic carbocycles. The van der Waals surface area contributed by atoms with Gasteiger partial charge in [0.2, 0.25) is 0 Å². The molecule has 0 aliphatic heterocycles. The van der Waals surface area contributed by atoms with Crippen molar-refractivity contribution in [3.63, 3.8) is 0 Å². The average molecular weight is 354 g/mol. The van der Waals surface area contributed by atoms with Gasteiger partial charge in [0.25, 0.3) is 5.91 Å². The molecule has 0 saturated carbocycles. The van der Waals surface area contributed by atoms with Crippen molar-refractivity contribution in [3.8, 4) is 0 Å². The van der Waals surface area contributed by atoms with Gasteiger partial charge in [-0.15, -0.1) is 0 Å². The van der Waals surface area contributed by atoms with Crippen LogP contribution in [0.15, 0.2) is 40.9 Å². The van der Waals surface area contributed by atoms with Crippen LogP contribution in [0.2, 0.25) is 5.02 Å². The molecule has 0 spiro atoms. The third-order valence-corrected chi connectivity index (χ3v) is 4.10. The molecule has 0 unspecified atom stereocenters. The Morgan fingerprint density at radius 2 is 1.95 bits per heavy atom. The molecule has 2 aromatic rings. The monoisotopic (exact) mass is 352 g/mol. The zero-order valence-corrected chi connectivity index (χ0v) is 13.5. The summed E-state index contributed by atoms with van der Waals surface area (Å²) >= 11 is 9.33. The van der Waals surface area contributed by atoms with Crippen molar-refractivity contribution in [2.45, 2.75) is 6.92 Å². The SMILES string of the molecule is CNc1cc(C)ccc1C(=O)Nc1ccc(Br)c(Cl)c1. The lowest BCUT2D eigenvalue weighted by Crippen LogP contribution is -2.14. The Labute approximate surface area is 131 Å². The number of halogens is 2. The number of rotatable bonds is 3. The second-order valence-electron chi connectivity index (χ2n) is 4.38. The van der Waals surface area contributed by atoms with Gasteiger partial charge in [-0.3, -0.25) is 4.79 Å². The molecule has 0 bridgehead atoms. The Morgan fingerprint density at radius 1 is 1.20 bits per heavy atom. The van der Waals surface area contributed by atoms with E-state index in [2.05, 4.69) is 26.6 Å². The smallest absolute Gasteiger partial charge is 0.257 e. The van der Waals surface area contributed by atoms with Crippen molar-refractivity contribution in [1.29, 1.82) is 0 Å². The molecule has 104 valence electrons. The molecule has 2 aromatic carbocycles.